The van der Waals surface area contributed by atoms with Crippen molar-refractivity contribution < 1.29 is 68.4 Å². The van der Waals surface area contributed by atoms with Crippen molar-refractivity contribution in [2.24, 2.45) is 11.8 Å². The maximum absolute atomic E-state index is 11.1. The number of nitrogens with zero attached hydrogens (tertiary/aromatic N) is 1. The first-order valence-corrected chi connectivity index (χ1v) is 6.09. The number of fused-ring (bicyclic) bond motifs is 2. The minimum atomic E-state index is -0.733. The van der Waals surface area contributed by atoms with Gasteiger partial charge in [-0.05, 0) is 24.7 Å². The third kappa shape index (κ3) is 1.94. The van der Waals surface area contributed by atoms with Gasteiger partial charge in [-0.15, -0.1) is 0 Å². The van der Waals surface area contributed by atoms with Crippen LogP contribution in [0.5, 0.6) is 0 Å². The minimum absolute atomic E-state index is 0. The molecule has 1 saturated carbocycles. The molecule has 0 bridgehead atoms. The van der Waals surface area contributed by atoms with Crippen molar-refractivity contribution in [1.29, 1.82) is 0 Å². The Labute approximate surface area is 147 Å². The second-order valence-corrected chi connectivity index (χ2v) is 5.57. The number of aliphatic hydroxyl groups is 1. The summed E-state index contributed by atoms with van der Waals surface area (Å²) in [5.41, 5.74) is -1.05. The molecule has 0 aromatic heterocycles. The van der Waals surface area contributed by atoms with Crippen LogP contribution in [0.3, 0.4) is 0 Å². The van der Waals surface area contributed by atoms with Gasteiger partial charge in [0.05, 0.1) is 17.6 Å². The van der Waals surface area contributed by atoms with Crippen LogP contribution in [0.2, 0.25) is 0 Å². The first kappa shape index (κ1) is 17.2. The number of hydrogen-bond donors (Lipinski definition) is 1. The largest absolute Gasteiger partial charge is 0.645 e. The zero-order valence-corrected chi connectivity index (χ0v) is 16.7. The number of rotatable bonds is 1. The van der Waals surface area contributed by atoms with Gasteiger partial charge in [0.15, 0.2) is 0 Å². The van der Waals surface area contributed by atoms with E-state index in [4.69, 9.17) is 4.74 Å². The summed E-state index contributed by atoms with van der Waals surface area (Å²) in [5.74, 6) is 0.312. The molecule has 0 aromatic carbocycles. The van der Waals surface area contributed by atoms with Gasteiger partial charge in [0.2, 0.25) is 0 Å². The number of amides is 1. The van der Waals surface area contributed by atoms with Gasteiger partial charge in [0, 0.05) is 53.8 Å². The molecule has 1 radical (unpaired) electrons. The van der Waals surface area contributed by atoms with Crippen molar-refractivity contribution in [2.45, 2.75) is 57.0 Å². The third-order valence-corrected chi connectivity index (χ3v) is 5.14. The van der Waals surface area contributed by atoms with E-state index in [1.165, 1.54) is 0 Å². The fraction of sp³-hybridized carbons (Fsp3) is 0.917. The van der Waals surface area contributed by atoms with Gasteiger partial charge >= 0.3 is 0 Å². The third-order valence-electron chi connectivity index (χ3n) is 5.14. The van der Waals surface area contributed by atoms with Gasteiger partial charge in [0.1, 0.15) is 6.10 Å². The quantitative estimate of drug-likeness (QED) is 0.438. The van der Waals surface area contributed by atoms with Crippen LogP contribution in [0.1, 0.15) is 33.6 Å². The summed E-state index contributed by atoms with van der Waals surface area (Å²) < 4.78 is 5.64. The topological polar surface area (TPSA) is 63.9 Å². The Hall–Kier alpha value is 1.18. The van der Waals surface area contributed by atoms with Crippen LogP contribution in [0.15, 0.2) is 0 Å². The van der Waals surface area contributed by atoms with E-state index in [0.717, 1.165) is 0 Å². The Bertz CT molecular complexity index is 359. The Morgan fingerprint density at radius 1 is 1.39 bits per heavy atom. The molecule has 3 fully saturated rings. The second kappa shape index (κ2) is 5.18. The van der Waals surface area contributed by atoms with E-state index in [9.17, 15) is 9.90 Å². The number of carbonyl (C=O) groups is 1. The molecule has 2 saturated heterocycles. The van der Waals surface area contributed by atoms with Gasteiger partial charge in [-0.1, -0.05) is 26.3 Å². The van der Waals surface area contributed by atoms with E-state index in [1.54, 1.807) is 0 Å². The summed E-state index contributed by atoms with van der Waals surface area (Å²) in [4.78, 5) is 11.1. The normalized spacial score (nSPS) is 52.3. The Morgan fingerprint density at radius 2 is 1.94 bits per heavy atom. The molecule has 1 N–H and O–H groups in total. The van der Waals surface area contributed by atoms with Gasteiger partial charge in [0.25, 0.3) is 0 Å². The van der Waals surface area contributed by atoms with Crippen molar-refractivity contribution in [3.05, 3.63) is 5.32 Å². The fourth-order valence-electron chi connectivity index (χ4n) is 3.67. The number of carbonyl (C=O) groups excluding carboxylic acids is 1. The number of β-lactam (4-membered cyclic amide) rings is 1. The fourth-order valence-corrected chi connectivity index (χ4v) is 3.67. The van der Waals surface area contributed by atoms with Crippen molar-refractivity contribution in [3.8, 4) is 0 Å². The molecule has 4 nitrogen and oxygen atoms in total. The van der Waals surface area contributed by atoms with Crippen LogP contribution >= 0.6 is 0 Å². The summed E-state index contributed by atoms with van der Waals surface area (Å²) in [7, 11) is 0. The van der Waals surface area contributed by atoms with E-state index in [0.29, 0.717) is 12.8 Å². The van der Waals surface area contributed by atoms with E-state index in [2.05, 4.69) is 12.2 Å². The van der Waals surface area contributed by atoms with Gasteiger partial charge < -0.3 is 20.0 Å². The SMILES string of the molecule is CCC1(O)C(C)C(C)C2(CC(=O)[N-]2)C2OC21.[W].[Y]. The van der Waals surface area contributed by atoms with Crippen LogP contribution in [0.4, 0.5) is 0 Å². The number of hydrogen-bond acceptors (Lipinski definition) is 3. The molecule has 2 aliphatic heterocycles. The minimum Gasteiger partial charge on any atom is -0.645 e. The van der Waals surface area contributed by atoms with Crippen LogP contribution in [0.25, 0.3) is 5.32 Å². The van der Waals surface area contributed by atoms with E-state index >= 15 is 0 Å². The summed E-state index contributed by atoms with van der Waals surface area (Å²) in [5, 5.41) is 14.8. The van der Waals surface area contributed by atoms with Crippen molar-refractivity contribution >= 4 is 5.91 Å². The molecule has 18 heavy (non-hydrogen) atoms. The van der Waals surface area contributed by atoms with Crippen LogP contribution in [0, 0.1) is 11.8 Å². The zero-order chi connectivity index (χ0) is 11.7. The number of ether oxygens (including phenoxy) is 1. The van der Waals surface area contributed by atoms with Gasteiger partial charge in [-0.2, -0.15) is 0 Å². The smallest absolute Gasteiger partial charge is 0.112 e. The Kier molecular flexibility index (Phi) is 4.96. The van der Waals surface area contributed by atoms with Crippen molar-refractivity contribution in [2.75, 3.05) is 0 Å². The predicted molar refractivity (Wildman–Crippen MR) is 57.9 cm³/mol. The standard InChI is InChI=1S/C12H19NO3.W.Y/c1-4-12(15)7(3)6(2)11(5-8(14)13-11)9-10(12)16-9;;/h6-7,9-10,15H,4-5H2,1-3H3,(H,13,14);;/p-1. The Morgan fingerprint density at radius 3 is 2.39 bits per heavy atom. The molecule has 99 valence electrons. The molecule has 6 heteroatoms. The number of epoxide rings is 1. The van der Waals surface area contributed by atoms with Crippen molar-refractivity contribution in [3.63, 3.8) is 0 Å². The molecule has 2 heterocycles. The average molecular weight is 497 g/mol. The van der Waals surface area contributed by atoms with E-state index in [1.807, 2.05) is 13.8 Å². The molecule has 6 unspecified atom stereocenters. The molecule has 3 rings (SSSR count). The molecule has 1 amide bonds. The van der Waals surface area contributed by atoms with E-state index < -0.39 is 5.60 Å². The molecule has 1 spiro atoms. The average Bonchev–Trinajstić information content (AvgIpc) is 3.00. The molecule has 1 aliphatic carbocycles. The van der Waals surface area contributed by atoms with E-state index in [-0.39, 0.29) is 89.3 Å². The first-order chi connectivity index (χ1) is 7.45. The summed E-state index contributed by atoms with van der Waals surface area (Å²) in [6.45, 7) is 6.12. The van der Waals surface area contributed by atoms with Gasteiger partial charge in [-0.3, -0.25) is 0 Å². The van der Waals surface area contributed by atoms with Crippen LogP contribution < -0.4 is 0 Å². The summed E-state index contributed by atoms with van der Waals surface area (Å²) in [6, 6.07) is 0. The maximum Gasteiger partial charge on any atom is 0.112 e. The summed E-state index contributed by atoms with van der Waals surface area (Å²) >= 11 is 0. The predicted octanol–water partition coefficient (Wildman–Crippen LogP) is 1.22. The molecular weight excluding hydrogens is 479 g/mol. The van der Waals surface area contributed by atoms with Crippen LogP contribution in [-0.2, 0) is 63.3 Å². The van der Waals surface area contributed by atoms with Crippen LogP contribution in [-0.4, -0.2) is 34.4 Å². The second-order valence-electron chi connectivity index (χ2n) is 5.57. The molecule has 3 aliphatic rings. The monoisotopic (exact) mass is 497 g/mol. The molecule has 0 aromatic rings. The first-order valence-electron chi connectivity index (χ1n) is 6.09. The zero-order valence-electron chi connectivity index (χ0n) is 10.9. The van der Waals surface area contributed by atoms with Gasteiger partial charge in [-0.25, -0.2) is 0 Å². The Balaban J connectivity index is 0.000000810. The maximum atomic E-state index is 11.1. The molecular formula is C12H18NO3WY-. The van der Waals surface area contributed by atoms with Crippen molar-refractivity contribution in [1.82, 2.24) is 0 Å². The summed E-state index contributed by atoms with van der Waals surface area (Å²) in [6.07, 6.45) is 1.06. The molecule has 6 atom stereocenters.